The molecule has 0 heterocycles. The molecule has 0 radical (unpaired) electrons. The molecule has 0 aliphatic carbocycles. The van der Waals surface area contributed by atoms with Gasteiger partial charge in [0.1, 0.15) is 19.3 Å². The molecule has 0 saturated carbocycles. The largest absolute Gasteiger partial charge is 0.472 e. The smallest absolute Gasteiger partial charge is 0.462 e. The Morgan fingerprint density at radius 2 is 0.460 bits per heavy atom. The maximum atomic E-state index is 13.1. The highest BCUT2D eigenvalue weighted by Gasteiger charge is 2.30. The Hall–Kier alpha value is -1.94. The molecular weight excluding hydrogens is 1310 g/mol. The van der Waals surface area contributed by atoms with Crippen molar-refractivity contribution in [3.8, 4) is 0 Å². The van der Waals surface area contributed by atoms with E-state index in [1.165, 1.54) is 257 Å². The quantitative estimate of drug-likeness (QED) is 0.0222. The zero-order chi connectivity index (χ0) is 73.4. The number of aliphatic hydroxyl groups excluding tert-OH is 1. The molecule has 3 N–H and O–H groups in total. The number of carbonyl (C=O) groups is 4. The lowest BCUT2D eigenvalue weighted by atomic mass is 10.0. The monoisotopic (exact) mass is 1470 g/mol. The summed E-state index contributed by atoms with van der Waals surface area (Å²) in [5.74, 6) is -1.30. The van der Waals surface area contributed by atoms with Crippen LogP contribution in [0.2, 0.25) is 0 Å². The Morgan fingerprint density at radius 3 is 0.680 bits per heavy atom. The molecule has 0 rings (SSSR count). The Morgan fingerprint density at radius 1 is 0.270 bits per heavy atom. The molecule has 100 heavy (non-hydrogen) atoms. The highest BCUT2D eigenvalue weighted by Crippen LogP contribution is 2.45. The van der Waals surface area contributed by atoms with Crippen LogP contribution in [0.1, 0.15) is 433 Å². The number of aliphatic hydroxyl groups is 1. The van der Waals surface area contributed by atoms with Crippen molar-refractivity contribution in [3.05, 3.63) is 0 Å². The van der Waals surface area contributed by atoms with Crippen LogP contribution in [-0.2, 0) is 65.4 Å². The van der Waals surface area contributed by atoms with Gasteiger partial charge in [-0.3, -0.25) is 37.3 Å². The molecule has 0 aromatic carbocycles. The number of ether oxygens (including phenoxy) is 4. The summed E-state index contributed by atoms with van der Waals surface area (Å²) in [6.07, 6.45) is 65.1. The first kappa shape index (κ1) is 98.1. The number of phosphoric acid groups is 2. The third-order valence-corrected chi connectivity index (χ3v) is 20.9. The van der Waals surface area contributed by atoms with Gasteiger partial charge in [0, 0.05) is 25.7 Å². The molecule has 5 atom stereocenters. The van der Waals surface area contributed by atoms with Crippen molar-refractivity contribution in [3.63, 3.8) is 0 Å². The van der Waals surface area contributed by atoms with Gasteiger partial charge in [0.15, 0.2) is 12.2 Å². The maximum Gasteiger partial charge on any atom is 0.472 e. The fourth-order valence-electron chi connectivity index (χ4n) is 12.6. The number of esters is 4. The summed E-state index contributed by atoms with van der Waals surface area (Å²) in [7, 11) is -9.92. The highest BCUT2D eigenvalue weighted by atomic mass is 31.2. The maximum absolute atomic E-state index is 13.1. The van der Waals surface area contributed by atoms with Crippen LogP contribution in [0.15, 0.2) is 0 Å². The summed E-state index contributed by atoms with van der Waals surface area (Å²) < 4.78 is 68.7. The molecule has 0 aromatic rings. The van der Waals surface area contributed by atoms with Gasteiger partial charge in [-0.15, -0.1) is 0 Å². The van der Waals surface area contributed by atoms with Crippen LogP contribution >= 0.6 is 15.6 Å². The van der Waals surface area contributed by atoms with E-state index in [1.807, 2.05) is 0 Å². The molecule has 0 bridgehead atoms. The van der Waals surface area contributed by atoms with Crippen molar-refractivity contribution in [1.82, 2.24) is 0 Å². The van der Waals surface area contributed by atoms with Crippen LogP contribution in [0, 0.1) is 5.92 Å². The fourth-order valence-corrected chi connectivity index (χ4v) is 14.2. The average molecular weight is 1470 g/mol. The van der Waals surface area contributed by atoms with Gasteiger partial charge in [-0.25, -0.2) is 9.13 Å². The van der Waals surface area contributed by atoms with E-state index in [9.17, 15) is 43.2 Å². The molecule has 0 saturated heterocycles. The number of rotatable bonds is 81. The Labute approximate surface area is 613 Å². The minimum absolute atomic E-state index is 0.108. The van der Waals surface area contributed by atoms with Crippen molar-refractivity contribution in [2.75, 3.05) is 39.6 Å². The van der Waals surface area contributed by atoms with Gasteiger partial charge in [-0.1, -0.05) is 381 Å². The Bertz CT molecular complexity index is 1910. The molecule has 0 spiro atoms. The van der Waals surface area contributed by atoms with Crippen molar-refractivity contribution >= 4 is 39.5 Å². The zero-order valence-corrected chi connectivity index (χ0v) is 67.1. The molecule has 0 amide bonds. The third-order valence-electron chi connectivity index (χ3n) is 19.0. The second-order valence-corrected chi connectivity index (χ2v) is 32.5. The van der Waals surface area contributed by atoms with E-state index in [2.05, 4.69) is 34.6 Å². The molecular formula is C81H158O17P2. The molecule has 0 aromatic heterocycles. The minimum Gasteiger partial charge on any atom is -0.462 e. The van der Waals surface area contributed by atoms with Gasteiger partial charge in [-0.05, 0) is 31.6 Å². The Balaban J connectivity index is 5.23. The predicted octanol–water partition coefficient (Wildman–Crippen LogP) is 24.4. The van der Waals surface area contributed by atoms with Crippen LogP contribution in [0.5, 0.6) is 0 Å². The summed E-state index contributed by atoms with van der Waals surface area (Å²) in [6.45, 7) is 7.36. The van der Waals surface area contributed by atoms with Crippen LogP contribution < -0.4 is 0 Å². The summed E-state index contributed by atoms with van der Waals surface area (Å²) in [5.41, 5.74) is 0. The Kier molecular flexibility index (Phi) is 72.5. The van der Waals surface area contributed by atoms with E-state index in [1.54, 1.807) is 0 Å². The number of phosphoric ester groups is 2. The van der Waals surface area contributed by atoms with E-state index in [4.69, 9.17) is 37.0 Å². The molecule has 17 nitrogen and oxygen atoms in total. The van der Waals surface area contributed by atoms with Crippen molar-refractivity contribution < 1.29 is 80.2 Å². The first-order valence-electron chi connectivity index (χ1n) is 42.1. The lowest BCUT2D eigenvalue weighted by Crippen LogP contribution is -2.30. The van der Waals surface area contributed by atoms with Gasteiger partial charge in [-0.2, -0.15) is 0 Å². The SMILES string of the molecule is CCCCCCCCCCCCCCCCCCCCC(=O)OC[C@H](COP(=O)(O)OC[C@@H](O)COP(=O)(O)OC[C@@H](COC(=O)CCCCCCCCCCCC)OC(=O)CCCCCCCCCCCCCCCC)OC(=O)CCCCCCCCCCCCCCCCCC(C)C. The lowest BCUT2D eigenvalue weighted by molar-refractivity contribution is -0.161. The van der Waals surface area contributed by atoms with E-state index < -0.39 is 97.5 Å². The second-order valence-electron chi connectivity index (χ2n) is 29.6. The van der Waals surface area contributed by atoms with Gasteiger partial charge in [0.25, 0.3) is 0 Å². The van der Waals surface area contributed by atoms with Gasteiger partial charge < -0.3 is 33.8 Å². The summed E-state index contributed by atoms with van der Waals surface area (Å²) in [5, 5.41) is 10.6. The average Bonchev–Trinajstić information content (AvgIpc) is 0.961. The standard InChI is InChI=1S/C81H158O17P2/c1-6-9-12-15-18-21-24-26-28-29-30-33-37-40-45-50-55-60-65-79(84)92-71-77(98-81(86)67-62-57-52-47-42-38-34-31-32-35-39-43-48-53-58-63-74(4)5)73-96-100(89,90)94-69-75(82)68-93-99(87,88)95-72-76(70-91-78(83)64-59-54-49-44-23-20-17-14-11-8-3)97-80(85)66-61-56-51-46-41-36-27-25-22-19-16-13-10-7-2/h74-77,82H,6-73H2,1-5H3,(H,87,88)(H,89,90)/t75-,76+,77+/m0/s1. The highest BCUT2D eigenvalue weighted by molar-refractivity contribution is 7.47. The summed E-state index contributed by atoms with van der Waals surface area (Å²) in [6, 6.07) is 0. The molecule has 594 valence electrons. The third kappa shape index (κ3) is 74.3. The van der Waals surface area contributed by atoms with Crippen LogP contribution in [0.25, 0.3) is 0 Å². The van der Waals surface area contributed by atoms with Crippen molar-refractivity contribution in [2.45, 2.75) is 451 Å². The molecule has 0 aliphatic heterocycles. The minimum atomic E-state index is -4.96. The van der Waals surface area contributed by atoms with E-state index >= 15 is 0 Å². The van der Waals surface area contributed by atoms with Crippen LogP contribution in [-0.4, -0.2) is 96.7 Å². The topological polar surface area (TPSA) is 237 Å². The van der Waals surface area contributed by atoms with E-state index in [0.717, 1.165) is 95.8 Å². The predicted molar refractivity (Wildman–Crippen MR) is 409 cm³/mol. The summed E-state index contributed by atoms with van der Waals surface area (Å²) in [4.78, 5) is 73.0. The number of hydrogen-bond donors (Lipinski definition) is 3. The number of carbonyl (C=O) groups excluding carboxylic acids is 4. The fraction of sp³-hybridized carbons (Fsp3) is 0.951. The van der Waals surface area contributed by atoms with Gasteiger partial charge in [0.05, 0.1) is 26.4 Å². The molecule has 19 heteroatoms. The molecule has 0 aliphatic rings. The zero-order valence-electron chi connectivity index (χ0n) is 65.3. The van der Waals surface area contributed by atoms with Crippen molar-refractivity contribution in [2.24, 2.45) is 5.92 Å². The number of unbranched alkanes of at least 4 members (excludes halogenated alkanes) is 53. The lowest BCUT2D eigenvalue weighted by Gasteiger charge is -2.21. The van der Waals surface area contributed by atoms with E-state index in [-0.39, 0.29) is 25.7 Å². The van der Waals surface area contributed by atoms with E-state index in [0.29, 0.717) is 25.7 Å². The van der Waals surface area contributed by atoms with Crippen LogP contribution in [0.4, 0.5) is 0 Å². The van der Waals surface area contributed by atoms with Gasteiger partial charge >= 0.3 is 39.5 Å². The number of hydrogen-bond acceptors (Lipinski definition) is 15. The second kappa shape index (κ2) is 73.9. The summed E-state index contributed by atoms with van der Waals surface area (Å²) >= 11 is 0. The normalized spacial score (nSPS) is 13.8. The van der Waals surface area contributed by atoms with Crippen molar-refractivity contribution in [1.29, 1.82) is 0 Å². The van der Waals surface area contributed by atoms with Gasteiger partial charge in [0.2, 0.25) is 0 Å². The van der Waals surface area contributed by atoms with Crippen LogP contribution in [0.3, 0.4) is 0 Å². The molecule has 2 unspecified atom stereocenters. The molecule has 0 fully saturated rings. The first-order chi connectivity index (χ1) is 48.5. The first-order valence-corrected chi connectivity index (χ1v) is 45.1.